The van der Waals surface area contributed by atoms with Crippen LogP contribution in [0.1, 0.15) is 35.8 Å². The van der Waals surface area contributed by atoms with Crippen molar-refractivity contribution in [1.82, 2.24) is 14.5 Å². The molecular formula is C24H24N6O3. The van der Waals surface area contributed by atoms with Crippen molar-refractivity contribution in [3.05, 3.63) is 72.2 Å². The van der Waals surface area contributed by atoms with Crippen molar-refractivity contribution in [2.45, 2.75) is 19.9 Å². The molecule has 0 aliphatic rings. The van der Waals surface area contributed by atoms with E-state index in [1.165, 1.54) is 13.4 Å². The van der Waals surface area contributed by atoms with Crippen LogP contribution >= 0.6 is 0 Å². The number of aromatic nitrogens is 3. The molecule has 0 bridgehead atoms. The fourth-order valence-electron chi connectivity index (χ4n) is 3.58. The number of hydrogen-bond donors (Lipinski definition) is 3. The zero-order valence-electron chi connectivity index (χ0n) is 18.5. The molecule has 0 spiro atoms. The standard InChI is InChI=1S/C24H24N6O3/c1-14(2)30-12-17(20-22(25)26-13-27-23(20)30)21(31)15-9-10-19(33-3)18(11-15)29-24(32)28-16-7-5-4-6-8-16/h4-14H,1-3H3,(H2,25,26,27)(H2,28,29,32). The van der Waals surface area contributed by atoms with Crippen LogP contribution in [0.25, 0.3) is 11.0 Å². The van der Waals surface area contributed by atoms with Gasteiger partial charge in [0.2, 0.25) is 0 Å². The molecule has 0 aliphatic carbocycles. The Morgan fingerprint density at radius 1 is 1.06 bits per heavy atom. The molecule has 4 aromatic rings. The van der Waals surface area contributed by atoms with E-state index in [1.54, 1.807) is 36.5 Å². The minimum Gasteiger partial charge on any atom is -0.495 e. The topological polar surface area (TPSA) is 124 Å². The Labute approximate surface area is 190 Å². The molecule has 2 aromatic heterocycles. The van der Waals surface area contributed by atoms with E-state index in [9.17, 15) is 9.59 Å². The summed E-state index contributed by atoms with van der Waals surface area (Å²) in [6, 6.07) is 13.5. The average molecular weight is 444 g/mol. The van der Waals surface area contributed by atoms with Crippen LogP contribution in [0.4, 0.5) is 22.0 Å². The van der Waals surface area contributed by atoms with E-state index in [-0.39, 0.29) is 17.6 Å². The summed E-state index contributed by atoms with van der Waals surface area (Å²) in [5, 5.41) is 5.99. The average Bonchev–Trinajstić information content (AvgIpc) is 3.20. The number of amides is 2. The van der Waals surface area contributed by atoms with Gasteiger partial charge in [-0.3, -0.25) is 4.79 Å². The summed E-state index contributed by atoms with van der Waals surface area (Å²) < 4.78 is 7.25. The number of fused-ring (bicyclic) bond motifs is 1. The third-order valence-electron chi connectivity index (χ3n) is 5.18. The lowest BCUT2D eigenvalue weighted by atomic mass is 10.0. The Hall–Kier alpha value is -4.40. The van der Waals surface area contributed by atoms with E-state index in [0.717, 1.165) is 0 Å². The van der Waals surface area contributed by atoms with Gasteiger partial charge in [-0.2, -0.15) is 0 Å². The molecule has 0 unspecified atom stereocenters. The summed E-state index contributed by atoms with van der Waals surface area (Å²) in [4.78, 5) is 34.4. The number of ketones is 1. The van der Waals surface area contributed by atoms with Gasteiger partial charge in [0.25, 0.3) is 0 Å². The second kappa shape index (κ2) is 8.99. The quantitative estimate of drug-likeness (QED) is 0.377. The lowest BCUT2D eigenvalue weighted by Crippen LogP contribution is -2.20. The Kier molecular flexibility index (Phi) is 5.95. The molecule has 4 rings (SSSR count). The molecule has 0 saturated carbocycles. The smallest absolute Gasteiger partial charge is 0.323 e. The van der Waals surface area contributed by atoms with Crippen molar-refractivity contribution in [3.63, 3.8) is 0 Å². The number of nitrogens with zero attached hydrogens (tertiary/aromatic N) is 3. The van der Waals surface area contributed by atoms with Crippen molar-refractivity contribution in [3.8, 4) is 5.75 Å². The predicted octanol–water partition coefficient (Wildman–Crippen LogP) is 4.48. The number of nitrogens with two attached hydrogens (primary N) is 1. The van der Waals surface area contributed by atoms with Gasteiger partial charge in [0.15, 0.2) is 5.78 Å². The largest absolute Gasteiger partial charge is 0.495 e. The molecule has 2 aromatic carbocycles. The maximum absolute atomic E-state index is 13.5. The van der Waals surface area contributed by atoms with Crippen LogP contribution in [-0.2, 0) is 0 Å². The molecule has 0 aliphatic heterocycles. The third kappa shape index (κ3) is 4.33. The first-order valence-corrected chi connectivity index (χ1v) is 10.4. The number of carbonyl (C=O) groups excluding carboxylic acids is 2. The molecule has 2 heterocycles. The van der Waals surface area contributed by atoms with Gasteiger partial charge in [-0.15, -0.1) is 0 Å². The number of nitrogens with one attached hydrogen (secondary N) is 2. The molecule has 9 heteroatoms. The normalized spacial score (nSPS) is 10.9. The van der Waals surface area contributed by atoms with Gasteiger partial charge in [0.1, 0.15) is 23.5 Å². The first kappa shape index (κ1) is 21.8. The minimum atomic E-state index is -0.460. The Balaban J connectivity index is 1.69. The van der Waals surface area contributed by atoms with Gasteiger partial charge in [0.05, 0.1) is 23.7 Å². The number of anilines is 3. The number of ether oxygens (including phenoxy) is 1. The summed E-state index contributed by atoms with van der Waals surface area (Å²) in [6.45, 7) is 3.99. The highest BCUT2D eigenvalue weighted by molar-refractivity contribution is 6.18. The van der Waals surface area contributed by atoms with Crippen LogP contribution < -0.4 is 21.1 Å². The number of urea groups is 1. The van der Waals surface area contributed by atoms with Crippen LogP contribution in [0, 0.1) is 0 Å². The van der Waals surface area contributed by atoms with Gasteiger partial charge in [-0.25, -0.2) is 14.8 Å². The summed E-state index contributed by atoms with van der Waals surface area (Å²) >= 11 is 0. The Morgan fingerprint density at radius 3 is 2.52 bits per heavy atom. The van der Waals surface area contributed by atoms with Crippen LogP contribution in [0.3, 0.4) is 0 Å². The summed E-state index contributed by atoms with van der Waals surface area (Å²) in [6.07, 6.45) is 3.12. The second-order valence-corrected chi connectivity index (χ2v) is 7.69. The molecule has 0 fully saturated rings. The number of rotatable bonds is 6. The molecule has 0 radical (unpaired) electrons. The van der Waals surface area contributed by atoms with Gasteiger partial charge >= 0.3 is 6.03 Å². The SMILES string of the molecule is COc1ccc(C(=O)c2cn(C(C)C)c3ncnc(N)c23)cc1NC(=O)Nc1ccccc1. The number of para-hydroxylation sites is 1. The molecule has 4 N–H and O–H groups in total. The zero-order chi connectivity index (χ0) is 23.5. The van der Waals surface area contributed by atoms with E-state index < -0.39 is 6.03 Å². The monoisotopic (exact) mass is 444 g/mol. The Morgan fingerprint density at radius 2 is 1.82 bits per heavy atom. The molecule has 33 heavy (non-hydrogen) atoms. The van der Waals surface area contributed by atoms with Crippen LogP contribution in [0.5, 0.6) is 5.75 Å². The first-order valence-electron chi connectivity index (χ1n) is 10.4. The third-order valence-corrected chi connectivity index (χ3v) is 5.18. The van der Waals surface area contributed by atoms with E-state index >= 15 is 0 Å². The highest BCUT2D eigenvalue weighted by atomic mass is 16.5. The first-order chi connectivity index (χ1) is 15.9. The van der Waals surface area contributed by atoms with Crippen LogP contribution in [0.2, 0.25) is 0 Å². The molecule has 2 amide bonds. The summed E-state index contributed by atoms with van der Waals surface area (Å²) in [5.41, 5.74) is 8.43. The lowest BCUT2D eigenvalue weighted by Gasteiger charge is -2.12. The molecule has 168 valence electrons. The van der Waals surface area contributed by atoms with Crippen LogP contribution in [-0.4, -0.2) is 33.5 Å². The fraction of sp³-hybridized carbons (Fsp3) is 0.167. The highest BCUT2D eigenvalue weighted by Gasteiger charge is 2.22. The van der Waals surface area contributed by atoms with Crippen molar-refractivity contribution >= 4 is 40.0 Å². The van der Waals surface area contributed by atoms with Gasteiger partial charge in [0, 0.05) is 23.5 Å². The molecule has 0 saturated heterocycles. The number of hydrogen-bond acceptors (Lipinski definition) is 6. The van der Waals surface area contributed by atoms with Crippen molar-refractivity contribution in [2.24, 2.45) is 0 Å². The van der Waals surface area contributed by atoms with Gasteiger partial charge in [-0.05, 0) is 44.2 Å². The summed E-state index contributed by atoms with van der Waals surface area (Å²) in [5.74, 6) is 0.383. The number of carbonyl (C=O) groups is 2. The summed E-state index contributed by atoms with van der Waals surface area (Å²) in [7, 11) is 1.49. The number of nitrogen functional groups attached to an aromatic ring is 1. The lowest BCUT2D eigenvalue weighted by molar-refractivity contribution is 0.104. The van der Waals surface area contributed by atoms with E-state index in [1.807, 2.05) is 36.6 Å². The second-order valence-electron chi connectivity index (χ2n) is 7.69. The molecule has 9 nitrogen and oxygen atoms in total. The van der Waals surface area contributed by atoms with Gasteiger partial charge in [-0.1, -0.05) is 18.2 Å². The highest BCUT2D eigenvalue weighted by Crippen LogP contribution is 2.31. The van der Waals surface area contributed by atoms with Crippen molar-refractivity contribution in [2.75, 3.05) is 23.5 Å². The van der Waals surface area contributed by atoms with Crippen LogP contribution in [0.15, 0.2) is 61.1 Å². The van der Waals surface area contributed by atoms with Crippen molar-refractivity contribution in [1.29, 1.82) is 0 Å². The van der Waals surface area contributed by atoms with E-state index in [0.29, 0.717) is 39.3 Å². The van der Waals surface area contributed by atoms with Gasteiger partial charge < -0.3 is 25.7 Å². The minimum absolute atomic E-state index is 0.0677. The zero-order valence-corrected chi connectivity index (χ0v) is 18.5. The van der Waals surface area contributed by atoms with E-state index in [2.05, 4.69) is 20.6 Å². The molecule has 0 atom stereocenters. The van der Waals surface area contributed by atoms with Crippen molar-refractivity contribution < 1.29 is 14.3 Å². The predicted molar refractivity (Wildman–Crippen MR) is 128 cm³/mol. The maximum Gasteiger partial charge on any atom is 0.323 e. The number of methoxy groups -OCH3 is 1. The maximum atomic E-state index is 13.5. The molecular weight excluding hydrogens is 420 g/mol. The fourth-order valence-corrected chi connectivity index (χ4v) is 3.58. The Bertz CT molecular complexity index is 1330. The number of benzene rings is 2. The van der Waals surface area contributed by atoms with E-state index in [4.69, 9.17) is 10.5 Å².